The maximum Gasteiger partial charge on any atom is 0.259 e. The van der Waals surface area contributed by atoms with Crippen LogP contribution in [0.25, 0.3) is 0 Å². The highest BCUT2D eigenvalue weighted by molar-refractivity contribution is 6.30. The van der Waals surface area contributed by atoms with Gasteiger partial charge in [0.25, 0.3) is 5.91 Å². The van der Waals surface area contributed by atoms with Crippen LogP contribution in [-0.4, -0.2) is 18.2 Å². The summed E-state index contributed by atoms with van der Waals surface area (Å²) >= 11 is 5.84. The Balaban J connectivity index is 1.88. The Labute approximate surface area is 135 Å². The van der Waals surface area contributed by atoms with Gasteiger partial charge in [-0.05, 0) is 43.2 Å². The molecule has 0 heterocycles. The molecule has 2 rings (SSSR count). The van der Waals surface area contributed by atoms with Crippen LogP contribution < -0.4 is 10.7 Å². The van der Waals surface area contributed by atoms with Crippen molar-refractivity contribution < 1.29 is 4.79 Å². The highest BCUT2D eigenvalue weighted by Crippen LogP contribution is 2.12. The number of carbonyl (C=O) groups excluding carboxylic acids is 1. The quantitative estimate of drug-likeness (QED) is 0.654. The molecule has 0 unspecified atom stereocenters. The van der Waals surface area contributed by atoms with Crippen LogP contribution in [0.5, 0.6) is 0 Å². The third kappa shape index (κ3) is 4.60. The Morgan fingerprint density at radius 2 is 1.82 bits per heavy atom. The zero-order chi connectivity index (χ0) is 15.9. The van der Waals surface area contributed by atoms with Gasteiger partial charge in [0.2, 0.25) is 0 Å². The van der Waals surface area contributed by atoms with Crippen LogP contribution in [0.3, 0.4) is 0 Å². The van der Waals surface area contributed by atoms with Crippen molar-refractivity contribution in [1.82, 2.24) is 5.43 Å². The van der Waals surface area contributed by atoms with E-state index in [1.165, 1.54) is 0 Å². The monoisotopic (exact) mass is 315 g/mol. The van der Waals surface area contributed by atoms with Crippen LogP contribution >= 0.6 is 11.6 Å². The number of benzene rings is 2. The minimum absolute atomic E-state index is 0.169. The van der Waals surface area contributed by atoms with Crippen molar-refractivity contribution in [3.8, 4) is 0 Å². The van der Waals surface area contributed by atoms with Gasteiger partial charge in [0.05, 0.1) is 12.3 Å². The highest BCUT2D eigenvalue weighted by atomic mass is 35.5. The van der Waals surface area contributed by atoms with Crippen LogP contribution in [0.2, 0.25) is 5.02 Å². The smallest absolute Gasteiger partial charge is 0.259 e. The normalized spacial score (nSPS) is 11.1. The first-order chi connectivity index (χ1) is 10.6. The number of nitrogens with one attached hydrogen (secondary N) is 2. The molecule has 0 saturated carbocycles. The molecule has 0 aliphatic carbocycles. The number of anilines is 1. The average Bonchev–Trinajstić information content (AvgIpc) is 2.52. The van der Waals surface area contributed by atoms with Gasteiger partial charge in [-0.3, -0.25) is 4.79 Å². The lowest BCUT2D eigenvalue weighted by atomic mass is 10.1. The summed E-state index contributed by atoms with van der Waals surface area (Å²) in [6, 6.07) is 15.1. The molecule has 0 aromatic heterocycles. The van der Waals surface area contributed by atoms with Crippen molar-refractivity contribution in [2.75, 3.05) is 11.9 Å². The standard InChI is InChI=1S/C17H18ClN3O/c1-12-5-3-4-6-16(12)19-11-17(22)21-20-13(2)14-7-9-15(18)10-8-14/h3-10,19H,11H2,1-2H3,(H,21,22)/b20-13+. The van der Waals surface area contributed by atoms with Gasteiger partial charge in [0, 0.05) is 10.7 Å². The molecule has 0 radical (unpaired) electrons. The van der Waals surface area contributed by atoms with Crippen molar-refractivity contribution in [1.29, 1.82) is 0 Å². The van der Waals surface area contributed by atoms with Gasteiger partial charge in [-0.25, -0.2) is 5.43 Å². The van der Waals surface area contributed by atoms with Crippen molar-refractivity contribution >= 4 is 28.9 Å². The molecule has 0 aliphatic heterocycles. The molecule has 5 heteroatoms. The lowest BCUT2D eigenvalue weighted by Crippen LogP contribution is -2.27. The summed E-state index contributed by atoms with van der Waals surface area (Å²) in [5, 5.41) is 7.85. The second kappa shape index (κ2) is 7.61. The maximum absolute atomic E-state index is 11.8. The second-order valence-corrected chi connectivity index (χ2v) is 5.34. The van der Waals surface area contributed by atoms with Gasteiger partial charge >= 0.3 is 0 Å². The molecule has 114 valence electrons. The summed E-state index contributed by atoms with van der Waals surface area (Å²) in [5.74, 6) is -0.198. The Morgan fingerprint density at radius 1 is 1.14 bits per heavy atom. The number of hydrogen-bond acceptors (Lipinski definition) is 3. The number of halogens is 1. The number of hydrogen-bond donors (Lipinski definition) is 2. The number of carbonyl (C=O) groups is 1. The first-order valence-corrected chi connectivity index (χ1v) is 7.32. The van der Waals surface area contributed by atoms with Gasteiger partial charge < -0.3 is 5.32 Å². The van der Waals surface area contributed by atoms with Crippen molar-refractivity contribution in [2.45, 2.75) is 13.8 Å². The predicted octanol–water partition coefficient (Wildman–Crippen LogP) is 3.60. The minimum atomic E-state index is -0.198. The van der Waals surface area contributed by atoms with E-state index >= 15 is 0 Å². The van der Waals surface area contributed by atoms with E-state index in [-0.39, 0.29) is 12.5 Å². The number of para-hydroxylation sites is 1. The summed E-state index contributed by atoms with van der Waals surface area (Å²) in [4.78, 5) is 11.8. The van der Waals surface area contributed by atoms with Crippen LogP contribution in [0.15, 0.2) is 53.6 Å². The summed E-state index contributed by atoms with van der Waals surface area (Å²) < 4.78 is 0. The molecule has 0 spiro atoms. The maximum atomic E-state index is 11.8. The van der Waals surface area contributed by atoms with E-state index in [1.54, 1.807) is 12.1 Å². The first-order valence-electron chi connectivity index (χ1n) is 6.95. The molecule has 0 aliphatic rings. The molecule has 0 bridgehead atoms. The fourth-order valence-electron chi connectivity index (χ4n) is 1.89. The number of nitrogens with zero attached hydrogens (tertiary/aromatic N) is 1. The van der Waals surface area contributed by atoms with Crippen molar-refractivity contribution in [3.05, 3.63) is 64.7 Å². The average molecular weight is 316 g/mol. The molecule has 4 nitrogen and oxygen atoms in total. The molecular formula is C17H18ClN3O. The fourth-order valence-corrected chi connectivity index (χ4v) is 2.01. The fraction of sp³-hybridized carbons (Fsp3) is 0.176. The predicted molar refractivity (Wildman–Crippen MR) is 91.5 cm³/mol. The molecule has 0 saturated heterocycles. The third-order valence-corrected chi connectivity index (χ3v) is 3.45. The van der Waals surface area contributed by atoms with E-state index in [2.05, 4.69) is 15.8 Å². The highest BCUT2D eigenvalue weighted by Gasteiger charge is 2.03. The van der Waals surface area contributed by atoms with Gasteiger partial charge in [-0.1, -0.05) is 41.9 Å². The minimum Gasteiger partial charge on any atom is -0.376 e. The van der Waals surface area contributed by atoms with Gasteiger partial charge in [-0.15, -0.1) is 0 Å². The Kier molecular flexibility index (Phi) is 5.55. The summed E-state index contributed by atoms with van der Waals surface area (Å²) in [6.45, 7) is 3.99. The molecule has 2 aromatic carbocycles. The molecule has 2 N–H and O–H groups in total. The molecule has 0 fully saturated rings. The summed E-state index contributed by atoms with van der Waals surface area (Å²) in [7, 11) is 0. The zero-order valence-electron chi connectivity index (χ0n) is 12.6. The van der Waals surface area contributed by atoms with E-state index in [4.69, 9.17) is 11.6 Å². The van der Waals surface area contributed by atoms with Gasteiger partial charge in [-0.2, -0.15) is 5.10 Å². The number of rotatable bonds is 5. The Hall–Kier alpha value is -2.33. The second-order valence-electron chi connectivity index (χ2n) is 4.91. The van der Waals surface area contributed by atoms with E-state index < -0.39 is 0 Å². The topological polar surface area (TPSA) is 53.5 Å². The lowest BCUT2D eigenvalue weighted by Gasteiger charge is -2.08. The SMILES string of the molecule is C/C(=N\NC(=O)CNc1ccccc1C)c1ccc(Cl)cc1. The number of aryl methyl sites for hydroxylation is 1. The van der Waals surface area contributed by atoms with E-state index in [0.717, 1.165) is 22.5 Å². The zero-order valence-corrected chi connectivity index (χ0v) is 13.3. The number of amides is 1. The third-order valence-electron chi connectivity index (χ3n) is 3.19. The van der Waals surface area contributed by atoms with Crippen molar-refractivity contribution in [3.63, 3.8) is 0 Å². The first kappa shape index (κ1) is 16.0. The van der Waals surface area contributed by atoms with Crippen LogP contribution in [0, 0.1) is 6.92 Å². The molecule has 1 amide bonds. The largest absolute Gasteiger partial charge is 0.376 e. The Morgan fingerprint density at radius 3 is 2.50 bits per heavy atom. The van der Waals surface area contributed by atoms with Gasteiger partial charge in [0.1, 0.15) is 0 Å². The van der Waals surface area contributed by atoms with E-state index in [9.17, 15) is 4.79 Å². The van der Waals surface area contributed by atoms with Crippen LogP contribution in [0.1, 0.15) is 18.1 Å². The summed E-state index contributed by atoms with van der Waals surface area (Å²) in [6.07, 6.45) is 0. The van der Waals surface area contributed by atoms with E-state index in [0.29, 0.717) is 5.02 Å². The lowest BCUT2D eigenvalue weighted by molar-refractivity contribution is -0.119. The molecule has 22 heavy (non-hydrogen) atoms. The van der Waals surface area contributed by atoms with Crippen LogP contribution in [0.4, 0.5) is 5.69 Å². The van der Waals surface area contributed by atoms with Gasteiger partial charge in [0.15, 0.2) is 0 Å². The molecule has 2 aromatic rings. The van der Waals surface area contributed by atoms with Crippen LogP contribution in [-0.2, 0) is 4.79 Å². The Bertz CT molecular complexity index is 681. The van der Waals surface area contributed by atoms with E-state index in [1.807, 2.05) is 50.2 Å². The molecule has 0 atom stereocenters. The molecular weight excluding hydrogens is 298 g/mol. The number of hydrazone groups is 1. The summed E-state index contributed by atoms with van der Waals surface area (Å²) in [5.41, 5.74) is 6.21. The van der Waals surface area contributed by atoms with Crippen molar-refractivity contribution in [2.24, 2.45) is 5.10 Å².